The summed E-state index contributed by atoms with van der Waals surface area (Å²) in [7, 11) is 0. The first-order valence-corrected chi connectivity index (χ1v) is 8.90. The normalized spacial score (nSPS) is 10.7. The van der Waals surface area contributed by atoms with Gasteiger partial charge in [0, 0.05) is 16.3 Å². The Kier molecular flexibility index (Phi) is 4.47. The summed E-state index contributed by atoms with van der Waals surface area (Å²) in [6, 6.07) is 33.0. The summed E-state index contributed by atoms with van der Waals surface area (Å²) in [5.74, 6) is 0. The Hall–Kier alpha value is -3.03. The lowest BCUT2D eigenvalue weighted by Gasteiger charge is -2.10. The number of hydrogen-bond donors (Lipinski definition) is 1. The van der Waals surface area contributed by atoms with Crippen LogP contribution in [-0.4, -0.2) is 0 Å². The van der Waals surface area contributed by atoms with Gasteiger partial charge in [0.05, 0.1) is 0 Å². The number of anilines is 1. The number of halogens is 1. The van der Waals surface area contributed by atoms with Crippen molar-refractivity contribution in [3.05, 3.63) is 102 Å². The highest BCUT2D eigenvalue weighted by Crippen LogP contribution is 2.32. The van der Waals surface area contributed by atoms with Crippen LogP contribution >= 0.6 is 11.6 Å². The molecule has 0 fully saturated rings. The molecular formula is C24H18ClN. The van der Waals surface area contributed by atoms with Crippen molar-refractivity contribution in [3.8, 4) is 33.4 Å². The van der Waals surface area contributed by atoms with E-state index in [-0.39, 0.29) is 0 Å². The maximum Gasteiger partial charge on any atom is 0.0413 e. The van der Waals surface area contributed by atoms with Gasteiger partial charge in [0.1, 0.15) is 0 Å². The number of benzene rings is 4. The van der Waals surface area contributed by atoms with Gasteiger partial charge in [0.2, 0.25) is 0 Å². The SMILES string of the molecule is Nc1ccc(Cl)cc1-c1cccc(-c2ccc(-c3ccccc3)cc2)c1. The van der Waals surface area contributed by atoms with Crippen LogP contribution in [-0.2, 0) is 0 Å². The molecule has 4 aromatic rings. The molecule has 0 bridgehead atoms. The van der Waals surface area contributed by atoms with Crippen molar-refractivity contribution in [2.75, 3.05) is 5.73 Å². The third kappa shape index (κ3) is 3.35. The zero-order valence-corrected chi connectivity index (χ0v) is 14.9. The van der Waals surface area contributed by atoms with Gasteiger partial charge < -0.3 is 5.73 Å². The Morgan fingerprint density at radius 1 is 0.500 bits per heavy atom. The van der Waals surface area contributed by atoms with Crippen LogP contribution < -0.4 is 5.73 Å². The molecule has 1 nitrogen and oxygen atoms in total. The fourth-order valence-corrected chi connectivity index (χ4v) is 3.30. The highest BCUT2D eigenvalue weighted by molar-refractivity contribution is 6.31. The standard InChI is InChI=1S/C24H18ClN/c25-22-13-14-24(26)23(16-22)21-8-4-7-20(15-21)19-11-9-18(10-12-19)17-5-2-1-3-6-17/h1-16H,26H2. The molecule has 0 aliphatic carbocycles. The molecule has 4 rings (SSSR count). The Balaban J connectivity index is 1.70. The molecule has 0 aromatic heterocycles. The zero-order chi connectivity index (χ0) is 17.9. The van der Waals surface area contributed by atoms with Gasteiger partial charge in [-0.3, -0.25) is 0 Å². The van der Waals surface area contributed by atoms with E-state index in [0.29, 0.717) is 5.02 Å². The second-order valence-corrected chi connectivity index (χ2v) is 6.69. The summed E-state index contributed by atoms with van der Waals surface area (Å²) < 4.78 is 0. The second-order valence-electron chi connectivity index (χ2n) is 6.26. The van der Waals surface area contributed by atoms with Crippen LogP contribution in [0.2, 0.25) is 5.02 Å². The summed E-state index contributed by atoms with van der Waals surface area (Å²) in [6.45, 7) is 0. The minimum absolute atomic E-state index is 0.687. The van der Waals surface area contributed by atoms with Gasteiger partial charge in [-0.05, 0) is 52.1 Å². The van der Waals surface area contributed by atoms with Crippen LogP contribution in [0.3, 0.4) is 0 Å². The zero-order valence-electron chi connectivity index (χ0n) is 14.2. The average molecular weight is 356 g/mol. The van der Waals surface area contributed by atoms with Crippen molar-refractivity contribution in [2.24, 2.45) is 0 Å². The summed E-state index contributed by atoms with van der Waals surface area (Å²) in [5.41, 5.74) is 13.6. The van der Waals surface area contributed by atoms with E-state index in [9.17, 15) is 0 Å². The van der Waals surface area contributed by atoms with E-state index in [1.165, 1.54) is 16.7 Å². The van der Waals surface area contributed by atoms with Gasteiger partial charge in [-0.25, -0.2) is 0 Å². The highest BCUT2D eigenvalue weighted by atomic mass is 35.5. The average Bonchev–Trinajstić information content (AvgIpc) is 2.71. The third-order valence-electron chi connectivity index (χ3n) is 4.51. The number of rotatable bonds is 3. The first-order chi connectivity index (χ1) is 12.7. The molecule has 0 spiro atoms. The maximum atomic E-state index is 6.14. The van der Waals surface area contributed by atoms with Crippen molar-refractivity contribution in [2.45, 2.75) is 0 Å². The minimum Gasteiger partial charge on any atom is -0.398 e. The van der Waals surface area contributed by atoms with Gasteiger partial charge in [-0.15, -0.1) is 0 Å². The van der Waals surface area contributed by atoms with E-state index in [2.05, 4.69) is 72.8 Å². The van der Waals surface area contributed by atoms with Crippen molar-refractivity contribution < 1.29 is 0 Å². The second kappa shape index (κ2) is 7.07. The predicted molar refractivity (Wildman–Crippen MR) is 112 cm³/mol. The fourth-order valence-electron chi connectivity index (χ4n) is 3.13. The van der Waals surface area contributed by atoms with Crippen molar-refractivity contribution >= 4 is 17.3 Å². The van der Waals surface area contributed by atoms with Gasteiger partial charge in [-0.2, -0.15) is 0 Å². The van der Waals surface area contributed by atoms with E-state index in [0.717, 1.165) is 22.4 Å². The molecular weight excluding hydrogens is 338 g/mol. The minimum atomic E-state index is 0.687. The van der Waals surface area contributed by atoms with Crippen LogP contribution in [0, 0.1) is 0 Å². The van der Waals surface area contributed by atoms with Gasteiger partial charge in [0.25, 0.3) is 0 Å². The first kappa shape index (κ1) is 16.4. The molecule has 0 saturated carbocycles. The molecule has 0 atom stereocenters. The number of nitrogens with two attached hydrogens (primary N) is 1. The number of hydrogen-bond acceptors (Lipinski definition) is 1. The molecule has 0 saturated heterocycles. The van der Waals surface area contributed by atoms with E-state index in [4.69, 9.17) is 17.3 Å². The van der Waals surface area contributed by atoms with Gasteiger partial charge in [0.15, 0.2) is 0 Å². The van der Waals surface area contributed by atoms with Crippen LogP contribution in [0.5, 0.6) is 0 Å². The molecule has 0 radical (unpaired) electrons. The third-order valence-corrected chi connectivity index (χ3v) is 4.75. The molecule has 26 heavy (non-hydrogen) atoms. The van der Waals surface area contributed by atoms with E-state index >= 15 is 0 Å². The molecule has 2 heteroatoms. The van der Waals surface area contributed by atoms with Gasteiger partial charge in [-0.1, -0.05) is 84.4 Å². The molecule has 0 amide bonds. The van der Waals surface area contributed by atoms with Gasteiger partial charge >= 0.3 is 0 Å². The molecule has 0 heterocycles. The van der Waals surface area contributed by atoms with E-state index < -0.39 is 0 Å². The van der Waals surface area contributed by atoms with Crippen molar-refractivity contribution in [1.82, 2.24) is 0 Å². The summed E-state index contributed by atoms with van der Waals surface area (Å²) in [4.78, 5) is 0. The quantitative estimate of drug-likeness (QED) is 0.396. The molecule has 126 valence electrons. The molecule has 0 unspecified atom stereocenters. The fraction of sp³-hybridized carbons (Fsp3) is 0. The summed E-state index contributed by atoms with van der Waals surface area (Å²) >= 11 is 6.14. The van der Waals surface area contributed by atoms with Crippen LogP contribution in [0.15, 0.2) is 97.1 Å². The summed E-state index contributed by atoms with van der Waals surface area (Å²) in [6.07, 6.45) is 0. The lowest BCUT2D eigenvalue weighted by atomic mass is 9.96. The lowest BCUT2D eigenvalue weighted by molar-refractivity contribution is 1.57. The van der Waals surface area contributed by atoms with E-state index in [1.807, 2.05) is 24.3 Å². The smallest absolute Gasteiger partial charge is 0.0413 e. The predicted octanol–water partition coefficient (Wildman–Crippen LogP) is 6.92. The summed E-state index contributed by atoms with van der Waals surface area (Å²) in [5, 5.41) is 0.687. The van der Waals surface area contributed by atoms with Crippen LogP contribution in [0.25, 0.3) is 33.4 Å². The maximum absolute atomic E-state index is 6.14. The van der Waals surface area contributed by atoms with Crippen molar-refractivity contribution in [3.63, 3.8) is 0 Å². The number of nitrogen functional groups attached to an aromatic ring is 1. The molecule has 0 aliphatic heterocycles. The Morgan fingerprint density at radius 3 is 1.81 bits per heavy atom. The van der Waals surface area contributed by atoms with Crippen molar-refractivity contribution in [1.29, 1.82) is 0 Å². The van der Waals surface area contributed by atoms with Crippen LogP contribution in [0.4, 0.5) is 5.69 Å². The monoisotopic (exact) mass is 355 g/mol. The largest absolute Gasteiger partial charge is 0.398 e. The highest BCUT2D eigenvalue weighted by Gasteiger charge is 2.06. The molecule has 2 N–H and O–H groups in total. The topological polar surface area (TPSA) is 26.0 Å². The van der Waals surface area contributed by atoms with Crippen LogP contribution in [0.1, 0.15) is 0 Å². The molecule has 0 aliphatic rings. The first-order valence-electron chi connectivity index (χ1n) is 8.52. The van der Waals surface area contributed by atoms with E-state index in [1.54, 1.807) is 0 Å². The Labute approximate surface area is 158 Å². The lowest BCUT2D eigenvalue weighted by Crippen LogP contribution is -1.90. The Bertz CT molecular complexity index is 1040. The Morgan fingerprint density at radius 2 is 1.08 bits per heavy atom. The molecule has 4 aromatic carbocycles.